The first kappa shape index (κ1) is 24.3. The Kier molecular flexibility index (Phi) is 14.1. The zero-order chi connectivity index (χ0) is 10.8. The summed E-state index contributed by atoms with van der Waals surface area (Å²) in [7, 11) is 0. The minimum absolute atomic E-state index is 0. The van der Waals surface area contributed by atoms with Crippen LogP contribution in [0.2, 0.25) is 0 Å². The average Bonchev–Trinajstić information content (AvgIpc) is 2.72. The number of hydrogen-bond donors (Lipinski definition) is 0. The Morgan fingerprint density at radius 1 is 1.00 bits per heavy atom. The van der Waals surface area contributed by atoms with E-state index in [2.05, 4.69) is 45.1 Å². The SMILES string of the molecule is Cc1ccc(CC2=[C-]C=CC2)c(C)c1C.[Cl-].[Cl-].[Cl-].[Ti+4]. The third kappa shape index (κ3) is 6.06. The molecule has 0 aromatic heterocycles. The quantitative estimate of drug-likeness (QED) is 0.369. The first-order chi connectivity index (χ1) is 7.18. The zero-order valence-electron chi connectivity index (χ0n) is 11.4. The van der Waals surface area contributed by atoms with Crippen LogP contribution in [0.5, 0.6) is 0 Å². The van der Waals surface area contributed by atoms with E-state index in [9.17, 15) is 0 Å². The van der Waals surface area contributed by atoms with Crippen LogP contribution < -0.4 is 37.2 Å². The molecule has 2 rings (SSSR count). The molecule has 1 aliphatic carbocycles. The molecule has 0 atom stereocenters. The van der Waals surface area contributed by atoms with Gasteiger partial charge in [-0.05, 0) is 49.4 Å². The van der Waals surface area contributed by atoms with E-state index in [0.29, 0.717) is 0 Å². The molecular weight excluding hydrogens is 334 g/mol. The molecule has 0 nitrogen and oxygen atoms in total. The van der Waals surface area contributed by atoms with Crippen molar-refractivity contribution in [1.29, 1.82) is 0 Å². The van der Waals surface area contributed by atoms with Gasteiger partial charge in [0.2, 0.25) is 0 Å². The fraction of sp³-hybridized carbons (Fsp3) is 0.333. The topological polar surface area (TPSA) is 0 Å². The van der Waals surface area contributed by atoms with E-state index < -0.39 is 0 Å². The Bertz CT molecular complexity index is 451. The van der Waals surface area contributed by atoms with E-state index in [1.165, 1.54) is 27.8 Å². The fourth-order valence-corrected chi connectivity index (χ4v) is 1.99. The van der Waals surface area contributed by atoms with Gasteiger partial charge in [0.15, 0.2) is 0 Å². The van der Waals surface area contributed by atoms with E-state index in [-0.39, 0.29) is 58.9 Å². The summed E-state index contributed by atoms with van der Waals surface area (Å²) in [6.07, 6.45) is 9.64. The first-order valence-corrected chi connectivity index (χ1v) is 5.50. The molecule has 19 heavy (non-hydrogen) atoms. The summed E-state index contributed by atoms with van der Waals surface area (Å²) in [5.41, 5.74) is 7.11. The van der Waals surface area contributed by atoms with Crippen molar-refractivity contribution in [3.63, 3.8) is 0 Å². The van der Waals surface area contributed by atoms with Crippen molar-refractivity contribution in [2.24, 2.45) is 0 Å². The van der Waals surface area contributed by atoms with Crippen LogP contribution >= 0.6 is 0 Å². The third-order valence-electron chi connectivity index (χ3n) is 3.34. The Morgan fingerprint density at radius 3 is 2.16 bits per heavy atom. The van der Waals surface area contributed by atoms with Gasteiger partial charge in [-0.1, -0.05) is 18.6 Å². The van der Waals surface area contributed by atoms with Gasteiger partial charge >= 0.3 is 21.7 Å². The van der Waals surface area contributed by atoms with Gasteiger partial charge in [-0.3, -0.25) is 6.08 Å². The molecule has 0 amide bonds. The normalized spacial score (nSPS) is 11.4. The monoisotopic (exact) mass is 350 g/mol. The number of hydrogen-bond acceptors (Lipinski definition) is 0. The molecule has 1 aromatic carbocycles. The van der Waals surface area contributed by atoms with Gasteiger partial charge in [0.25, 0.3) is 0 Å². The average molecular weight is 352 g/mol. The summed E-state index contributed by atoms with van der Waals surface area (Å²) in [6, 6.07) is 4.48. The molecule has 0 bridgehead atoms. The number of rotatable bonds is 2. The van der Waals surface area contributed by atoms with Crippen molar-refractivity contribution in [3.05, 3.63) is 58.2 Å². The maximum atomic E-state index is 3.30. The number of allylic oxidation sites excluding steroid dienone is 4. The molecule has 0 heterocycles. The summed E-state index contributed by atoms with van der Waals surface area (Å²) in [5.74, 6) is 0. The summed E-state index contributed by atoms with van der Waals surface area (Å²) in [4.78, 5) is 0. The Morgan fingerprint density at radius 2 is 1.63 bits per heavy atom. The summed E-state index contributed by atoms with van der Waals surface area (Å²) < 4.78 is 0. The van der Waals surface area contributed by atoms with Gasteiger partial charge in [-0.15, -0.1) is 0 Å². The van der Waals surface area contributed by atoms with Crippen molar-refractivity contribution < 1.29 is 58.9 Å². The number of benzene rings is 1. The predicted molar refractivity (Wildman–Crippen MR) is 64.9 cm³/mol. The van der Waals surface area contributed by atoms with Crippen molar-refractivity contribution in [1.82, 2.24) is 0 Å². The molecule has 0 radical (unpaired) electrons. The van der Waals surface area contributed by atoms with Crippen molar-refractivity contribution in [3.8, 4) is 0 Å². The van der Waals surface area contributed by atoms with Gasteiger partial charge in [0.05, 0.1) is 0 Å². The molecule has 0 saturated heterocycles. The second-order valence-corrected chi connectivity index (χ2v) is 4.32. The Hall–Kier alpha value is 0.284. The minimum Gasteiger partial charge on any atom is -1.00 e. The van der Waals surface area contributed by atoms with Gasteiger partial charge in [-0.25, -0.2) is 12.2 Å². The van der Waals surface area contributed by atoms with Crippen molar-refractivity contribution >= 4 is 0 Å². The molecule has 0 spiro atoms. The molecule has 0 unspecified atom stereocenters. The second-order valence-electron chi connectivity index (χ2n) is 4.32. The fourth-order valence-electron chi connectivity index (χ4n) is 1.99. The van der Waals surface area contributed by atoms with E-state index in [4.69, 9.17) is 0 Å². The van der Waals surface area contributed by atoms with Crippen LogP contribution in [0.15, 0.2) is 29.9 Å². The maximum Gasteiger partial charge on any atom is 4.00 e. The standard InChI is InChI=1S/C15H17.3ClH.Ti/c1-11-8-9-15(13(3)12(11)2)10-14-6-4-5-7-14;;;;/h4-5,8-9H,6,10H2,1-3H3;3*1H;/q-1;;;;+4/p-3. The van der Waals surface area contributed by atoms with Gasteiger partial charge in [0, 0.05) is 0 Å². The molecule has 0 aliphatic heterocycles. The molecule has 4 heteroatoms. The van der Waals surface area contributed by atoms with E-state index in [1.54, 1.807) is 0 Å². The molecular formula is C15H17Cl3Ti. The largest absolute Gasteiger partial charge is 4.00 e. The maximum absolute atomic E-state index is 3.30. The van der Waals surface area contributed by atoms with E-state index in [1.807, 2.05) is 6.08 Å². The first-order valence-electron chi connectivity index (χ1n) is 5.50. The van der Waals surface area contributed by atoms with Crippen LogP contribution in [-0.2, 0) is 28.1 Å². The van der Waals surface area contributed by atoms with Crippen LogP contribution in [0.3, 0.4) is 0 Å². The summed E-state index contributed by atoms with van der Waals surface area (Å²) >= 11 is 0. The zero-order valence-corrected chi connectivity index (χ0v) is 15.2. The number of aryl methyl sites for hydroxylation is 1. The molecule has 1 aliphatic rings. The van der Waals surface area contributed by atoms with Crippen molar-refractivity contribution in [2.45, 2.75) is 33.6 Å². The van der Waals surface area contributed by atoms with Crippen LogP contribution in [0.1, 0.15) is 28.7 Å². The Balaban J connectivity index is -0.000000640. The molecule has 0 N–H and O–H groups in total. The third-order valence-corrected chi connectivity index (χ3v) is 3.34. The summed E-state index contributed by atoms with van der Waals surface area (Å²) in [5, 5.41) is 0. The van der Waals surface area contributed by atoms with E-state index in [0.717, 1.165) is 12.8 Å². The predicted octanol–water partition coefficient (Wildman–Crippen LogP) is -5.15. The van der Waals surface area contributed by atoms with Crippen molar-refractivity contribution in [2.75, 3.05) is 0 Å². The van der Waals surface area contributed by atoms with Crippen LogP contribution in [0.4, 0.5) is 0 Å². The molecule has 0 fully saturated rings. The molecule has 1 aromatic rings. The summed E-state index contributed by atoms with van der Waals surface area (Å²) in [6.45, 7) is 6.61. The smallest absolute Gasteiger partial charge is 1.00 e. The second kappa shape index (κ2) is 11.0. The van der Waals surface area contributed by atoms with Crippen LogP contribution in [0.25, 0.3) is 0 Å². The van der Waals surface area contributed by atoms with Gasteiger partial charge in [-0.2, -0.15) is 5.57 Å². The Labute approximate surface area is 150 Å². The number of halogens is 3. The van der Waals surface area contributed by atoms with Gasteiger partial charge < -0.3 is 37.2 Å². The minimum atomic E-state index is 0. The van der Waals surface area contributed by atoms with E-state index >= 15 is 0 Å². The van der Waals surface area contributed by atoms with Crippen LogP contribution in [0, 0.1) is 26.8 Å². The van der Waals surface area contributed by atoms with Crippen LogP contribution in [-0.4, -0.2) is 0 Å². The van der Waals surface area contributed by atoms with Gasteiger partial charge in [0.1, 0.15) is 0 Å². The molecule has 102 valence electrons. The molecule has 0 saturated carbocycles.